The predicted molar refractivity (Wildman–Crippen MR) is 99.5 cm³/mol. The van der Waals surface area contributed by atoms with Gasteiger partial charge in [-0.1, -0.05) is 12.1 Å². The summed E-state index contributed by atoms with van der Waals surface area (Å²) in [7, 11) is 2.17. The number of amides is 1. The summed E-state index contributed by atoms with van der Waals surface area (Å²) in [4.78, 5) is 19.5. The number of rotatable bonds is 4. The highest BCUT2D eigenvalue weighted by molar-refractivity contribution is 5.94. The zero-order valence-electron chi connectivity index (χ0n) is 15.5. The molecule has 3 rings (SSSR count). The first kappa shape index (κ1) is 18.4. The molecule has 2 aliphatic rings. The summed E-state index contributed by atoms with van der Waals surface area (Å²) >= 11 is 0. The molecule has 138 valence electrons. The van der Waals surface area contributed by atoms with E-state index in [-0.39, 0.29) is 17.9 Å². The number of hydrogen-bond donors (Lipinski definition) is 1. The third-order valence-electron chi connectivity index (χ3n) is 5.63. The Morgan fingerprint density at radius 3 is 2.48 bits per heavy atom. The molecule has 25 heavy (non-hydrogen) atoms. The Morgan fingerprint density at radius 1 is 1.16 bits per heavy atom. The molecule has 0 radical (unpaired) electrons. The van der Waals surface area contributed by atoms with Gasteiger partial charge in [-0.15, -0.1) is 0 Å². The van der Waals surface area contributed by atoms with Gasteiger partial charge >= 0.3 is 0 Å². The molecule has 2 aliphatic heterocycles. The van der Waals surface area contributed by atoms with E-state index in [0.717, 1.165) is 57.7 Å². The van der Waals surface area contributed by atoms with Gasteiger partial charge in [-0.2, -0.15) is 0 Å². The number of aliphatic hydroxyl groups is 1. The summed E-state index contributed by atoms with van der Waals surface area (Å²) in [5, 5.41) is 9.81. The molecule has 1 N–H and O–H groups in total. The normalized spacial score (nSPS) is 24.3. The maximum absolute atomic E-state index is 12.7. The lowest BCUT2D eigenvalue weighted by molar-refractivity contribution is 0.0466. The molecule has 1 aromatic carbocycles. The Labute approximate surface area is 151 Å². The van der Waals surface area contributed by atoms with E-state index >= 15 is 0 Å². The van der Waals surface area contributed by atoms with E-state index in [4.69, 9.17) is 0 Å². The molecule has 2 saturated heterocycles. The predicted octanol–water partition coefficient (Wildman–Crippen LogP) is 1.67. The number of aliphatic hydroxyl groups excluding tert-OH is 1. The number of hydrogen-bond acceptors (Lipinski definition) is 4. The standard InChI is InChI=1S/C20H31N3O2/c1-16(24)19-4-3-9-23(15-19)20(25)18-7-5-17(6-8-18)14-22-12-10-21(2)11-13-22/h5-8,16,19,24H,3-4,9-15H2,1-2H3. The second-order valence-electron chi connectivity index (χ2n) is 7.67. The van der Waals surface area contributed by atoms with Crippen molar-refractivity contribution in [1.82, 2.24) is 14.7 Å². The number of likely N-dealkylation sites (tertiary alicyclic amines) is 1. The zero-order chi connectivity index (χ0) is 17.8. The van der Waals surface area contributed by atoms with Crippen LogP contribution < -0.4 is 0 Å². The largest absolute Gasteiger partial charge is 0.393 e. The van der Waals surface area contributed by atoms with Crippen molar-refractivity contribution in [2.45, 2.75) is 32.4 Å². The minimum Gasteiger partial charge on any atom is -0.393 e. The van der Waals surface area contributed by atoms with E-state index in [2.05, 4.69) is 29.0 Å². The molecular weight excluding hydrogens is 314 g/mol. The SMILES string of the molecule is CC(O)C1CCCN(C(=O)c2ccc(CN3CCN(C)CC3)cc2)C1. The van der Waals surface area contributed by atoms with Gasteiger partial charge in [0.15, 0.2) is 0 Å². The fourth-order valence-electron chi connectivity index (χ4n) is 3.79. The molecule has 1 amide bonds. The number of nitrogens with zero attached hydrogens (tertiary/aromatic N) is 3. The highest BCUT2D eigenvalue weighted by Gasteiger charge is 2.27. The van der Waals surface area contributed by atoms with Crippen LogP contribution in [0.15, 0.2) is 24.3 Å². The second-order valence-corrected chi connectivity index (χ2v) is 7.67. The van der Waals surface area contributed by atoms with Crippen LogP contribution in [-0.2, 0) is 6.54 Å². The van der Waals surface area contributed by atoms with Gasteiger partial charge in [0.2, 0.25) is 0 Å². The van der Waals surface area contributed by atoms with Crippen molar-refractivity contribution in [2.75, 3.05) is 46.3 Å². The van der Waals surface area contributed by atoms with Gasteiger partial charge in [-0.3, -0.25) is 9.69 Å². The van der Waals surface area contributed by atoms with Crippen LogP contribution in [0.4, 0.5) is 0 Å². The summed E-state index contributed by atoms with van der Waals surface area (Å²) in [6.07, 6.45) is 1.63. The molecule has 0 bridgehead atoms. The number of carbonyl (C=O) groups is 1. The molecule has 0 spiro atoms. The second kappa shape index (κ2) is 8.30. The van der Waals surface area contributed by atoms with Crippen LogP contribution in [0.2, 0.25) is 0 Å². The highest BCUT2D eigenvalue weighted by Crippen LogP contribution is 2.21. The Balaban J connectivity index is 1.57. The summed E-state index contributed by atoms with van der Waals surface area (Å²) in [5.41, 5.74) is 2.02. The number of likely N-dealkylation sites (N-methyl/N-ethyl adjacent to an activating group) is 1. The van der Waals surface area contributed by atoms with Crippen LogP contribution in [0.1, 0.15) is 35.7 Å². The number of piperidine rings is 1. The van der Waals surface area contributed by atoms with E-state index < -0.39 is 0 Å². The first-order chi connectivity index (χ1) is 12.0. The first-order valence-electron chi connectivity index (χ1n) is 9.50. The highest BCUT2D eigenvalue weighted by atomic mass is 16.3. The van der Waals surface area contributed by atoms with Crippen LogP contribution in [-0.4, -0.2) is 78.1 Å². The summed E-state index contributed by atoms with van der Waals surface area (Å²) in [6, 6.07) is 8.09. The third-order valence-corrected chi connectivity index (χ3v) is 5.63. The molecule has 2 fully saturated rings. The quantitative estimate of drug-likeness (QED) is 0.902. The van der Waals surface area contributed by atoms with E-state index in [1.807, 2.05) is 24.0 Å². The van der Waals surface area contributed by atoms with Crippen molar-refractivity contribution in [2.24, 2.45) is 5.92 Å². The monoisotopic (exact) mass is 345 g/mol. The van der Waals surface area contributed by atoms with Crippen molar-refractivity contribution in [3.05, 3.63) is 35.4 Å². The van der Waals surface area contributed by atoms with E-state index in [1.165, 1.54) is 5.56 Å². The molecule has 2 heterocycles. The third kappa shape index (κ3) is 4.81. The molecule has 0 aliphatic carbocycles. The maximum Gasteiger partial charge on any atom is 0.253 e. The van der Waals surface area contributed by atoms with Gasteiger partial charge in [0, 0.05) is 57.3 Å². The molecule has 2 atom stereocenters. The molecule has 1 aromatic rings. The van der Waals surface area contributed by atoms with Crippen LogP contribution in [0.3, 0.4) is 0 Å². The minimum absolute atomic E-state index is 0.0940. The number of piperazine rings is 1. The molecule has 0 aromatic heterocycles. The zero-order valence-corrected chi connectivity index (χ0v) is 15.5. The number of carbonyl (C=O) groups excluding carboxylic acids is 1. The van der Waals surface area contributed by atoms with Crippen LogP contribution in [0.5, 0.6) is 0 Å². The molecule has 0 saturated carbocycles. The van der Waals surface area contributed by atoms with Gasteiger partial charge < -0.3 is 14.9 Å². The lowest BCUT2D eigenvalue weighted by Gasteiger charge is -2.34. The van der Waals surface area contributed by atoms with E-state index in [9.17, 15) is 9.90 Å². The molecule has 5 heteroatoms. The Kier molecular flexibility index (Phi) is 6.10. The van der Waals surface area contributed by atoms with Crippen molar-refractivity contribution >= 4 is 5.91 Å². The maximum atomic E-state index is 12.7. The van der Waals surface area contributed by atoms with Gasteiger partial charge in [0.1, 0.15) is 0 Å². The van der Waals surface area contributed by atoms with Crippen molar-refractivity contribution in [3.8, 4) is 0 Å². The summed E-state index contributed by atoms with van der Waals surface area (Å²) < 4.78 is 0. The van der Waals surface area contributed by atoms with Crippen LogP contribution in [0.25, 0.3) is 0 Å². The van der Waals surface area contributed by atoms with Crippen molar-refractivity contribution in [1.29, 1.82) is 0 Å². The topological polar surface area (TPSA) is 47.0 Å². The molecule has 5 nitrogen and oxygen atoms in total. The smallest absolute Gasteiger partial charge is 0.253 e. The lowest BCUT2D eigenvalue weighted by atomic mass is 9.93. The average molecular weight is 345 g/mol. The average Bonchev–Trinajstić information content (AvgIpc) is 2.64. The van der Waals surface area contributed by atoms with E-state index in [0.29, 0.717) is 6.54 Å². The van der Waals surface area contributed by atoms with Gasteiger partial charge in [0.05, 0.1) is 6.10 Å². The van der Waals surface area contributed by atoms with Crippen molar-refractivity contribution < 1.29 is 9.90 Å². The lowest BCUT2D eigenvalue weighted by Crippen LogP contribution is -2.44. The fourth-order valence-corrected chi connectivity index (χ4v) is 3.79. The number of benzene rings is 1. The fraction of sp³-hybridized carbons (Fsp3) is 0.650. The first-order valence-corrected chi connectivity index (χ1v) is 9.50. The van der Waals surface area contributed by atoms with Gasteiger partial charge in [0.25, 0.3) is 5.91 Å². The van der Waals surface area contributed by atoms with E-state index in [1.54, 1.807) is 0 Å². The van der Waals surface area contributed by atoms with Crippen molar-refractivity contribution in [3.63, 3.8) is 0 Å². The molecular formula is C20H31N3O2. The van der Waals surface area contributed by atoms with Crippen LogP contribution >= 0.6 is 0 Å². The van der Waals surface area contributed by atoms with Crippen LogP contribution in [0, 0.1) is 5.92 Å². The molecule has 2 unspecified atom stereocenters. The van der Waals surface area contributed by atoms with Gasteiger partial charge in [-0.05, 0) is 44.5 Å². The Morgan fingerprint density at radius 2 is 1.84 bits per heavy atom. The summed E-state index contributed by atoms with van der Waals surface area (Å²) in [5.74, 6) is 0.297. The minimum atomic E-state index is -0.346. The Bertz CT molecular complexity index is 565. The Hall–Kier alpha value is -1.43. The summed E-state index contributed by atoms with van der Waals surface area (Å²) in [6.45, 7) is 8.69. The van der Waals surface area contributed by atoms with Gasteiger partial charge in [-0.25, -0.2) is 0 Å².